The number of para-hydroxylation sites is 1. The third-order valence-electron chi connectivity index (χ3n) is 6.06. The summed E-state index contributed by atoms with van der Waals surface area (Å²) in [4.78, 5) is 41.2. The van der Waals surface area contributed by atoms with Gasteiger partial charge >= 0.3 is 0 Å². The first-order valence-electron chi connectivity index (χ1n) is 10.1. The highest BCUT2D eigenvalue weighted by molar-refractivity contribution is 6.30. The summed E-state index contributed by atoms with van der Waals surface area (Å²) in [5.41, 5.74) is 0.982. The van der Waals surface area contributed by atoms with Crippen LogP contribution in [0.3, 0.4) is 0 Å². The van der Waals surface area contributed by atoms with E-state index in [-0.39, 0.29) is 5.69 Å². The van der Waals surface area contributed by atoms with Crippen molar-refractivity contribution in [3.63, 3.8) is 0 Å². The second-order valence-corrected chi connectivity index (χ2v) is 8.52. The van der Waals surface area contributed by atoms with Crippen molar-refractivity contribution in [3.05, 3.63) is 71.8 Å². The largest absolute Gasteiger partial charge is 0.281 e. The molecule has 1 aliphatic heterocycles. The summed E-state index contributed by atoms with van der Waals surface area (Å²) in [6, 6.07) is 18.0. The topological polar surface area (TPSA) is 77.9 Å². The van der Waals surface area contributed by atoms with Crippen molar-refractivity contribution in [2.24, 2.45) is 11.3 Å². The van der Waals surface area contributed by atoms with Gasteiger partial charge in [0.1, 0.15) is 5.92 Å². The summed E-state index contributed by atoms with van der Waals surface area (Å²) in [5, 5.41) is 12.9. The van der Waals surface area contributed by atoms with Gasteiger partial charge in [0.2, 0.25) is 11.8 Å². The number of imide groups is 1. The van der Waals surface area contributed by atoms with E-state index in [1.54, 1.807) is 38.1 Å². The number of aryl methyl sites for hydroxylation is 2. The number of amides is 3. The standard InChI is InChI=1S/C25H24N2O4/c1-15-9-7-10-16(2)21(15)26-22(28)20(25(3,4)24(26)30)23(29)27(31)19-14-8-12-17-11-5-6-13-18(17)19/h5-14,20,31H,1-4H3. The quantitative estimate of drug-likeness (QED) is 0.297. The monoisotopic (exact) mass is 416 g/mol. The van der Waals surface area contributed by atoms with Crippen LogP contribution in [0.15, 0.2) is 60.7 Å². The predicted octanol–water partition coefficient (Wildman–Crippen LogP) is 4.39. The number of fused-ring (bicyclic) bond motifs is 1. The number of hydroxylamine groups is 1. The maximum atomic E-state index is 13.4. The molecule has 0 radical (unpaired) electrons. The molecule has 0 aromatic heterocycles. The number of anilines is 2. The second kappa shape index (κ2) is 7.32. The van der Waals surface area contributed by atoms with E-state index in [0.29, 0.717) is 16.1 Å². The number of hydrogen-bond donors (Lipinski definition) is 1. The second-order valence-electron chi connectivity index (χ2n) is 8.52. The van der Waals surface area contributed by atoms with Gasteiger partial charge in [0.25, 0.3) is 5.91 Å². The smallest absolute Gasteiger partial charge is 0.264 e. The van der Waals surface area contributed by atoms with Gasteiger partial charge in [-0.3, -0.25) is 19.6 Å². The predicted molar refractivity (Wildman–Crippen MR) is 119 cm³/mol. The maximum absolute atomic E-state index is 13.4. The SMILES string of the molecule is Cc1cccc(C)c1N1C(=O)C(C(=O)N(O)c2cccc3ccccc23)C(C)(C)C1=O. The lowest BCUT2D eigenvalue weighted by Gasteiger charge is -2.25. The van der Waals surface area contributed by atoms with Crippen molar-refractivity contribution in [1.29, 1.82) is 0 Å². The Morgan fingerprint density at radius 2 is 1.52 bits per heavy atom. The molecule has 3 aromatic rings. The minimum Gasteiger partial charge on any atom is -0.281 e. The summed E-state index contributed by atoms with van der Waals surface area (Å²) < 4.78 is 0. The molecule has 0 aliphatic carbocycles. The Morgan fingerprint density at radius 1 is 0.935 bits per heavy atom. The van der Waals surface area contributed by atoms with Crippen LogP contribution in [0.25, 0.3) is 10.8 Å². The van der Waals surface area contributed by atoms with Gasteiger partial charge in [0.05, 0.1) is 16.8 Å². The van der Waals surface area contributed by atoms with Crippen molar-refractivity contribution in [3.8, 4) is 0 Å². The van der Waals surface area contributed by atoms with Crippen molar-refractivity contribution >= 4 is 39.9 Å². The fourth-order valence-electron chi connectivity index (χ4n) is 4.37. The Labute approximate surface area is 180 Å². The van der Waals surface area contributed by atoms with E-state index < -0.39 is 29.1 Å². The van der Waals surface area contributed by atoms with Gasteiger partial charge in [0, 0.05) is 5.39 Å². The lowest BCUT2D eigenvalue weighted by Crippen LogP contribution is -2.42. The highest BCUT2D eigenvalue weighted by Crippen LogP contribution is 2.43. The van der Waals surface area contributed by atoms with E-state index in [4.69, 9.17) is 0 Å². The number of benzene rings is 3. The molecule has 4 rings (SSSR count). The van der Waals surface area contributed by atoms with Crippen molar-refractivity contribution in [2.75, 3.05) is 9.96 Å². The molecular formula is C25H24N2O4. The molecular weight excluding hydrogens is 392 g/mol. The zero-order valence-corrected chi connectivity index (χ0v) is 17.9. The molecule has 158 valence electrons. The molecule has 6 nitrogen and oxygen atoms in total. The molecule has 1 aliphatic rings. The number of hydrogen-bond acceptors (Lipinski definition) is 4. The molecule has 1 N–H and O–H groups in total. The van der Waals surface area contributed by atoms with Crippen molar-refractivity contribution in [1.82, 2.24) is 0 Å². The minimum absolute atomic E-state index is 0.268. The summed E-state index contributed by atoms with van der Waals surface area (Å²) >= 11 is 0. The first kappa shape index (κ1) is 20.8. The summed E-state index contributed by atoms with van der Waals surface area (Å²) in [7, 11) is 0. The Balaban J connectivity index is 1.77. The van der Waals surface area contributed by atoms with Gasteiger partial charge in [-0.05, 0) is 50.3 Å². The van der Waals surface area contributed by atoms with Crippen LogP contribution in [-0.4, -0.2) is 22.9 Å². The molecule has 1 atom stereocenters. The van der Waals surface area contributed by atoms with Gasteiger partial charge in [0.15, 0.2) is 0 Å². The summed E-state index contributed by atoms with van der Waals surface area (Å²) in [6.45, 7) is 6.78. The number of rotatable bonds is 3. The Kier molecular flexibility index (Phi) is 4.90. The minimum atomic E-state index is -1.34. The Bertz CT molecular complexity index is 1210. The highest BCUT2D eigenvalue weighted by Gasteiger charge is 2.59. The highest BCUT2D eigenvalue weighted by atomic mass is 16.5. The first-order valence-corrected chi connectivity index (χ1v) is 10.1. The molecule has 1 heterocycles. The fourth-order valence-corrected chi connectivity index (χ4v) is 4.37. The molecule has 0 spiro atoms. The average molecular weight is 416 g/mol. The van der Waals surface area contributed by atoms with Crippen LogP contribution in [0.4, 0.5) is 11.4 Å². The van der Waals surface area contributed by atoms with Gasteiger partial charge in [-0.2, -0.15) is 5.06 Å². The van der Waals surface area contributed by atoms with E-state index in [1.807, 2.05) is 50.2 Å². The van der Waals surface area contributed by atoms with Crippen molar-refractivity contribution in [2.45, 2.75) is 27.7 Å². The molecule has 1 unspecified atom stereocenters. The van der Waals surface area contributed by atoms with Gasteiger partial charge in [-0.1, -0.05) is 54.6 Å². The molecule has 31 heavy (non-hydrogen) atoms. The molecule has 3 aromatic carbocycles. The van der Waals surface area contributed by atoms with Gasteiger partial charge < -0.3 is 0 Å². The van der Waals surface area contributed by atoms with Crippen LogP contribution in [0.1, 0.15) is 25.0 Å². The van der Waals surface area contributed by atoms with Crippen LogP contribution in [0.2, 0.25) is 0 Å². The lowest BCUT2D eigenvalue weighted by atomic mass is 9.80. The van der Waals surface area contributed by atoms with E-state index in [2.05, 4.69) is 0 Å². The maximum Gasteiger partial charge on any atom is 0.264 e. The van der Waals surface area contributed by atoms with Crippen LogP contribution >= 0.6 is 0 Å². The Morgan fingerprint density at radius 3 is 2.19 bits per heavy atom. The summed E-state index contributed by atoms with van der Waals surface area (Å²) in [5.74, 6) is -3.26. The van der Waals surface area contributed by atoms with E-state index >= 15 is 0 Å². The fraction of sp³-hybridized carbons (Fsp3) is 0.240. The third kappa shape index (κ3) is 3.11. The average Bonchev–Trinajstić information content (AvgIpc) is 2.91. The molecule has 1 fully saturated rings. The normalized spacial score (nSPS) is 18.0. The van der Waals surface area contributed by atoms with Gasteiger partial charge in [-0.25, -0.2) is 4.90 Å². The van der Waals surface area contributed by atoms with Gasteiger partial charge in [-0.15, -0.1) is 0 Å². The lowest BCUT2D eigenvalue weighted by molar-refractivity contribution is -0.139. The van der Waals surface area contributed by atoms with E-state index in [9.17, 15) is 19.6 Å². The number of carbonyl (C=O) groups excluding carboxylic acids is 3. The number of carbonyl (C=O) groups is 3. The van der Waals surface area contributed by atoms with Crippen LogP contribution < -0.4 is 9.96 Å². The first-order chi connectivity index (χ1) is 14.7. The molecule has 1 saturated heterocycles. The summed E-state index contributed by atoms with van der Waals surface area (Å²) in [6.07, 6.45) is 0. The zero-order valence-electron chi connectivity index (χ0n) is 17.9. The molecule has 3 amide bonds. The van der Waals surface area contributed by atoms with Crippen LogP contribution in [-0.2, 0) is 14.4 Å². The third-order valence-corrected chi connectivity index (χ3v) is 6.06. The zero-order chi connectivity index (χ0) is 22.5. The molecule has 0 saturated carbocycles. The number of nitrogens with zero attached hydrogens (tertiary/aromatic N) is 2. The van der Waals surface area contributed by atoms with Crippen molar-refractivity contribution < 1.29 is 19.6 Å². The molecule has 6 heteroatoms. The van der Waals surface area contributed by atoms with Crippen LogP contribution in [0.5, 0.6) is 0 Å². The van der Waals surface area contributed by atoms with E-state index in [1.165, 1.54) is 0 Å². The molecule has 0 bridgehead atoms. The van der Waals surface area contributed by atoms with E-state index in [0.717, 1.165) is 21.4 Å². The Hall–Kier alpha value is -3.51. The van der Waals surface area contributed by atoms with Crippen LogP contribution in [0, 0.1) is 25.2 Å².